The molecule has 2 heterocycles. The van der Waals surface area contributed by atoms with Gasteiger partial charge in [-0.2, -0.15) is 0 Å². The lowest BCUT2D eigenvalue weighted by Gasteiger charge is -2.13. The number of rotatable bonds is 1. The highest BCUT2D eigenvalue weighted by Crippen LogP contribution is 2.33. The highest BCUT2D eigenvalue weighted by Gasteiger charge is 2.23. The van der Waals surface area contributed by atoms with Crippen LogP contribution >= 0.6 is 0 Å². The third-order valence-electron chi connectivity index (χ3n) is 3.24. The molecule has 0 unspecified atom stereocenters. The molecule has 2 aliphatic rings. The average Bonchev–Trinajstić information content (AvgIpc) is 2.85. The lowest BCUT2D eigenvalue weighted by Crippen LogP contribution is -2.14. The molecule has 2 nitrogen and oxygen atoms in total. The van der Waals surface area contributed by atoms with Gasteiger partial charge in [0.15, 0.2) is 0 Å². The number of hydrogen-bond donors (Lipinski definition) is 1. The van der Waals surface area contributed by atoms with Crippen molar-refractivity contribution in [1.29, 1.82) is 0 Å². The summed E-state index contributed by atoms with van der Waals surface area (Å²) in [5, 5.41) is 3.32. The summed E-state index contributed by atoms with van der Waals surface area (Å²) in [7, 11) is 0. The van der Waals surface area contributed by atoms with Gasteiger partial charge in [-0.1, -0.05) is 0 Å². The minimum atomic E-state index is -0.130. The molecule has 2 aliphatic heterocycles. The monoisotopic (exact) mass is 207 g/mol. The van der Waals surface area contributed by atoms with Crippen molar-refractivity contribution in [3.05, 3.63) is 29.1 Å². The first-order valence-corrected chi connectivity index (χ1v) is 5.53. The van der Waals surface area contributed by atoms with Gasteiger partial charge in [0, 0.05) is 24.1 Å². The summed E-state index contributed by atoms with van der Waals surface area (Å²) in [6.07, 6.45) is 3.09. The largest absolute Gasteiger partial charge is 0.493 e. The molecule has 1 aromatic rings. The van der Waals surface area contributed by atoms with E-state index in [4.69, 9.17) is 4.74 Å². The Hall–Kier alpha value is -1.09. The molecular formula is C12H14FNO. The first kappa shape index (κ1) is 9.16. The molecule has 3 rings (SSSR count). The highest BCUT2D eigenvalue weighted by atomic mass is 19.1. The van der Waals surface area contributed by atoms with Crippen molar-refractivity contribution in [2.24, 2.45) is 0 Å². The molecule has 1 saturated heterocycles. The summed E-state index contributed by atoms with van der Waals surface area (Å²) >= 11 is 0. The molecule has 0 radical (unpaired) electrons. The first-order chi connectivity index (χ1) is 7.34. The lowest BCUT2D eigenvalue weighted by atomic mass is 10.0. The number of halogens is 1. The Labute approximate surface area is 88.4 Å². The van der Waals surface area contributed by atoms with Crippen LogP contribution in [0.15, 0.2) is 12.1 Å². The molecule has 1 fully saturated rings. The van der Waals surface area contributed by atoms with Gasteiger partial charge < -0.3 is 10.1 Å². The van der Waals surface area contributed by atoms with Gasteiger partial charge in [-0.05, 0) is 31.0 Å². The van der Waals surface area contributed by atoms with Gasteiger partial charge in [-0.15, -0.1) is 0 Å². The molecule has 1 N–H and O–H groups in total. The Bertz CT molecular complexity index is 385. The smallest absolute Gasteiger partial charge is 0.131 e. The van der Waals surface area contributed by atoms with Crippen LogP contribution in [-0.2, 0) is 6.42 Å². The van der Waals surface area contributed by atoms with E-state index in [1.165, 1.54) is 6.07 Å². The van der Waals surface area contributed by atoms with E-state index in [2.05, 4.69) is 5.32 Å². The summed E-state index contributed by atoms with van der Waals surface area (Å²) in [6, 6.07) is 3.72. The lowest BCUT2D eigenvalue weighted by molar-refractivity contribution is 0.355. The molecular weight excluding hydrogens is 193 g/mol. The summed E-state index contributed by atoms with van der Waals surface area (Å²) in [5.74, 6) is 0.601. The van der Waals surface area contributed by atoms with Gasteiger partial charge in [-0.3, -0.25) is 0 Å². The number of ether oxygens (including phenoxy) is 1. The standard InChI is InChI=1S/C12H14FNO/c13-10-7-12-8(3-5-15-12)6-9(10)11-2-1-4-14-11/h6-7,11,14H,1-5H2/t11-/m1/s1. The van der Waals surface area contributed by atoms with Crippen LogP contribution in [0.3, 0.4) is 0 Å². The fourth-order valence-electron chi connectivity index (χ4n) is 2.44. The van der Waals surface area contributed by atoms with Crippen LogP contribution in [-0.4, -0.2) is 13.2 Å². The van der Waals surface area contributed by atoms with Crippen molar-refractivity contribution in [1.82, 2.24) is 5.32 Å². The van der Waals surface area contributed by atoms with E-state index in [0.29, 0.717) is 6.61 Å². The van der Waals surface area contributed by atoms with Gasteiger partial charge in [-0.25, -0.2) is 4.39 Å². The number of hydrogen-bond acceptors (Lipinski definition) is 2. The Kier molecular flexibility index (Phi) is 2.13. The Balaban J connectivity index is 2.00. The van der Waals surface area contributed by atoms with Gasteiger partial charge >= 0.3 is 0 Å². The molecule has 80 valence electrons. The number of nitrogens with one attached hydrogen (secondary N) is 1. The van der Waals surface area contributed by atoms with Gasteiger partial charge in [0.1, 0.15) is 11.6 Å². The minimum Gasteiger partial charge on any atom is -0.493 e. The molecule has 0 spiro atoms. The molecule has 0 aromatic heterocycles. The summed E-state index contributed by atoms with van der Waals surface area (Å²) in [5.41, 5.74) is 1.97. The zero-order chi connectivity index (χ0) is 10.3. The molecule has 15 heavy (non-hydrogen) atoms. The Morgan fingerprint density at radius 3 is 3.13 bits per heavy atom. The van der Waals surface area contributed by atoms with Crippen molar-refractivity contribution >= 4 is 0 Å². The van der Waals surface area contributed by atoms with Crippen LogP contribution in [0.4, 0.5) is 4.39 Å². The molecule has 0 saturated carbocycles. The summed E-state index contributed by atoms with van der Waals surface area (Å²) < 4.78 is 19.1. The quantitative estimate of drug-likeness (QED) is 0.762. The molecule has 3 heteroatoms. The van der Waals surface area contributed by atoms with Gasteiger partial charge in [0.2, 0.25) is 0 Å². The van der Waals surface area contributed by atoms with Crippen LogP contribution < -0.4 is 10.1 Å². The third-order valence-corrected chi connectivity index (χ3v) is 3.24. The van der Waals surface area contributed by atoms with E-state index in [0.717, 1.165) is 42.7 Å². The van der Waals surface area contributed by atoms with Crippen LogP contribution in [0.25, 0.3) is 0 Å². The van der Waals surface area contributed by atoms with E-state index in [-0.39, 0.29) is 11.9 Å². The molecule has 1 atom stereocenters. The number of fused-ring (bicyclic) bond motifs is 1. The normalized spacial score (nSPS) is 23.9. The fourth-order valence-corrected chi connectivity index (χ4v) is 2.44. The molecule has 0 bridgehead atoms. The van der Waals surface area contributed by atoms with Crippen LogP contribution in [0.2, 0.25) is 0 Å². The molecule has 1 aromatic carbocycles. The topological polar surface area (TPSA) is 21.3 Å². The van der Waals surface area contributed by atoms with E-state index in [9.17, 15) is 4.39 Å². The zero-order valence-corrected chi connectivity index (χ0v) is 8.55. The predicted molar refractivity (Wildman–Crippen MR) is 55.6 cm³/mol. The van der Waals surface area contributed by atoms with Crippen molar-refractivity contribution in [2.45, 2.75) is 25.3 Å². The Morgan fingerprint density at radius 2 is 2.33 bits per heavy atom. The highest BCUT2D eigenvalue weighted by molar-refractivity contribution is 5.42. The predicted octanol–water partition coefficient (Wildman–Crippen LogP) is 2.19. The Morgan fingerprint density at radius 1 is 1.40 bits per heavy atom. The minimum absolute atomic E-state index is 0.130. The average molecular weight is 207 g/mol. The SMILES string of the molecule is Fc1cc2c(cc1[C@H]1CCCN1)CCO2. The van der Waals surface area contributed by atoms with Crippen LogP contribution in [0, 0.1) is 5.82 Å². The van der Waals surface area contributed by atoms with Crippen molar-refractivity contribution in [2.75, 3.05) is 13.2 Å². The van der Waals surface area contributed by atoms with Crippen LogP contribution in [0.5, 0.6) is 5.75 Å². The van der Waals surface area contributed by atoms with Crippen molar-refractivity contribution < 1.29 is 9.13 Å². The summed E-state index contributed by atoms with van der Waals surface area (Å²) in [4.78, 5) is 0. The van der Waals surface area contributed by atoms with Crippen molar-refractivity contribution in [3.63, 3.8) is 0 Å². The first-order valence-electron chi connectivity index (χ1n) is 5.53. The number of benzene rings is 1. The molecule has 0 amide bonds. The van der Waals surface area contributed by atoms with E-state index in [1.54, 1.807) is 0 Å². The van der Waals surface area contributed by atoms with Crippen molar-refractivity contribution in [3.8, 4) is 5.75 Å². The zero-order valence-electron chi connectivity index (χ0n) is 8.55. The maximum atomic E-state index is 13.8. The van der Waals surface area contributed by atoms with E-state index >= 15 is 0 Å². The van der Waals surface area contributed by atoms with Crippen LogP contribution in [0.1, 0.15) is 30.0 Å². The molecule has 0 aliphatic carbocycles. The van der Waals surface area contributed by atoms with Gasteiger partial charge in [0.25, 0.3) is 0 Å². The third kappa shape index (κ3) is 1.51. The second-order valence-electron chi connectivity index (χ2n) is 4.23. The second kappa shape index (κ2) is 3.49. The maximum absolute atomic E-state index is 13.8. The second-order valence-corrected chi connectivity index (χ2v) is 4.23. The van der Waals surface area contributed by atoms with E-state index in [1.807, 2.05) is 6.07 Å². The van der Waals surface area contributed by atoms with E-state index < -0.39 is 0 Å². The maximum Gasteiger partial charge on any atom is 0.131 e. The van der Waals surface area contributed by atoms with Gasteiger partial charge in [0.05, 0.1) is 6.61 Å². The fraction of sp³-hybridized carbons (Fsp3) is 0.500. The summed E-state index contributed by atoms with van der Waals surface area (Å²) in [6.45, 7) is 1.69.